The number of anilines is 3. The Bertz CT molecular complexity index is 2750. The molecule has 0 saturated heterocycles. The lowest BCUT2D eigenvalue weighted by Crippen LogP contribution is -2.24. The molecule has 6 heteroatoms. The normalized spacial score (nSPS) is 12.9. The molecule has 1 aliphatic rings. The predicted molar refractivity (Wildman–Crippen MR) is 203 cm³/mol. The van der Waals surface area contributed by atoms with Crippen LogP contribution >= 0.6 is 0 Å². The van der Waals surface area contributed by atoms with Crippen molar-refractivity contribution in [3.63, 3.8) is 0 Å². The first-order valence-corrected chi connectivity index (χ1v) is 16.6. The highest BCUT2D eigenvalue weighted by molar-refractivity contribution is 6.09. The maximum absolute atomic E-state index is 5.22. The van der Waals surface area contributed by atoms with Gasteiger partial charge in [-0.15, -0.1) is 0 Å². The number of pyridine rings is 1. The van der Waals surface area contributed by atoms with Crippen molar-refractivity contribution in [1.29, 1.82) is 0 Å². The molecule has 3 aromatic heterocycles. The van der Waals surface area contributed by atoms with E-state index >= 15 is 0 Å². The van der Waals surface area contributed by atoms with Crippen molar-refractivity contribution < 1.29 is 0 Å². The van der Waals surface area contributed by atoms with Gasteiger partial charge in [0.25, 0.3) is 0 Å². The third-order valence-electron chi connectivity index (χ3n) is 10.1. The van der Waals surface area contributed by atoms with Gasteiger partial charge in [0, 0.05) is 48.0 Å². The molecule has 9 aromatic rings. The van der Waals surface area contributed by atoms with Crippen LogP contribution in [0.25, 0.3) is 71.9 Å². The van der Waals surface area contributed by atoms with Crippen molar-refractivity contribution in [3.05, 3.63) is 146 Å². The molecule has 4 heterocycles. The maximum Gasteiger partial charge on any atom is 0.145 e. The van der Waals surface area contributed by atoms with Gasteiger partial charge in [0.1, 0.15) is 11.5 Å². The highest BCUT2D eigenvalue weighted by Crippen LogP contribution is 2.41. The minimum atomic E-state index is 0.799. The van der Waals surface area contributed by atoms with E-state index in [1.807, 2.05) is 12.3 Å². The predicted octanol–water partition coefficient (Wildman–Crippen LogP) is 10.1. The number of para-hydroxylation sites is 2. The van der Waals surface area contributed by atoms with E-state index in [1.165, 1.54) is 33.1 Å². The van der Waals surface area contributed by atoms with Gasteiger partial charge in [0.05, 0.1) is 34.6 Å². The van der Waals surface area contributed by atoms with Gasteiger partial charge >= 0.3 is 0 Å². The van der Waals surface area contributed by atoms with E-state index in [4.69, 9.17) is 9.97 Å². The number of rotatable bonds is 4. The van der Waals surface area contributed by atoms with Crippen molar-refractivity contribution in [2.75, 3.05) is 23.5 Å². The molecule has 0 amide bonds. The van der Waals surface area contributed by atoms with Crippen LogP contribution < -0.4 is 9.80 Å². The first-order valence-electron chi connectivity index (χ1n) is 16.6. The Labute approximate surface area is 283 Å². The van der Waals surface area contributed by atoms with Gasteiger partial charge in [-0.05, 0) is 88.6 Å². The zero-order chi connectivity index (χ0) is 32.6. The smallest absolute Gasteiger partial charge is 0.145 e. The number of fused-ring (bicyclic) bond motifs is 6. The standard InChI is InChI=1S/C43H32N6/c1-46-27-48(40-15-6-5-14-39(40)46)33-11-7-12-34(26-33)49-41-25-32(18-20-35(41)36-13-8-22-44-43(36)49)42-45-37-24-31(19-21-38(37)47(42)2)30-17-16-28-9-3-4-10-29(28)23-30/h3-26H,27H2,1-2H3. The number of aromatic nitrogens is 4. The number of hydrogen-bond acceptors (Lipinski definition) is 4. The average Bonchev–Trinajstić information content (AvgIpc) is 3.79. The summed E-state index contributed by atoms with van der Waals surface area (Å²) in [6.07, 6.45) is 1.88. The summed E-state index contributed by atoms with van der Waals surface area (Å²) >= 11 is 0. The molecule has 0 radical (unpaired) electrons. The summed E-state index contributed by atoms with van der Waals surface area (Å²) in [7, 11) is 4.25. The van der Waals surface area contributed by atoms with Gasteiger partial charge in [0.15, 0.2) is 0 Å². The largest absolute Gasteiger partial charge is 0.355 e. The molecule has 0 saturated carbocycles. The molecule has 0 spiro atoms. The first-order chi connectivity index (χ1) is 24.1. The zero-order valence-corrected chi connectivity index (χ0v) is 27.2. The minimum Gasteiger partial charge on any atom is -0.355 e. The van der Waals surface area contributed by atoms with Gasteiger partial charge in [0.2, 0.25) is 0 Å². The molecular formula is C43H32N6. The van der Waals surface area contributed by atoms with Crippen molar-refractivity contribution in [2.24, 2.45) is 7.05 Å². The Kier molecular flexibility index (Phi) is 5.96. The van der Waals surface area contributed by atoms with Crippen LogP contribution in [0.3, 0.4) is 0 Å². The van der Waals surface area contributed by atoms with E-state index in [0.29, 0.717) is 0 Å². The van der Waals surface area contributed by atoms with Crippen LogP contribution in [0, 0.1) is 0 Å². The Morgan fingerprint density at radius 1 is 0.551 bits per heavy atom. The lowest BCUT2D eigenvalue weighted by molar-refractivity contribution is 0.948. The van der Waals surface area contributed by atoms with Gasteiger partial charge < -0.3 is 14.4 Å². The Balaban J connectivity index is 1.10. The monoisotopic (exact) mass is 632 g/mol. The molecule has 1 aliphatic heterocycles. The maximum atomic E-state index is 5.22. The molecule has 6 aromatic carbocycles. The van der Waals surface area contributed by atoms with Crippen molar-refractivity contribution in [2.45, 2.75) is 0 Å². The van der Waals surface area contributed by atoms with Crippen molar-refractivity contribution in [3.8, 4) is 28.2 Å². The molecule has 0 fully saturated rings. The number of nitrogens with zero attached hydrogens (tertiary/aromatic N) is 6. The fourth-order valence-electron chi connectivity index (χ4n) is 7.65. The summed E-state index contributed by atoms with van der Waals surface area (Å²) in [5, 5.41) is 4.78. The molecular weight excluding hydrogens is 601 g/mol. The Hall–Kier alpha value is -6.40. The Morgan fingerprint density at radius 2 is 1.33 bits per heavy atom. The molecule has 49 heavy (non-hydrogen) atoms. The van der Waals surface area contributed by atoms with Gasteiger partial charge in [-0.1, -0.05) is 72.8 Å². The summed E-state index contributed by atoms with van der Waals surface area (Å²) in [4.78, 5) is 14.8. The van der Waals surface area contributed by atoms with Crippen LogP contribution in [0.2, 0.25) is 0 Å². The first kappa shape index (κ1) is 27.7. The van der Waals surface area contributed by atoms with Crippen molar-refractivity contribution in [1.82, 2.24) is 19.1 Å². The van der Waals surface area contributed by atoms with Crippen LogP contribution in [0.15, 0.2) is 146 Å². The minimum absolute atomic E-state index is 0.799. The molecule has 0 aliphatic carbocycles. The SMILES string of the molecule is CN1CN(c2cccc(-n3c4cc(-c5nc6cc(-c7ccc8ccccc8c7)ccc6n5C)ccc4c4cccnc43)c2)c2ccccc21. The van der Waals surface area contributed by atoms with E-state index in [0.717, 1.165) is 62.6 Å². The van der Waals surface area contributed by atoms with Crippen molar-refractivity contribution >= 4 is 60.8 Å². The summed E-state index contributed by atoms with van der Waals surface area (Å²) < 4.78 is 4.50. The van der Waals surface area contributed by atoms with E-state index in [1.54, 1.807) is 0 Å². The number of aryl methyl sites for hydroxylation is 1. The van der Waals surface area contributed by atoms with E-state index in [9.17, 15) is 0 Å². The zero-order valence-electron chi connectivity index (χ0n) is 27.2. The second-order valence-electron chi connectivity index (χ2n) is 13.0. The summed E-state index contributed by atoms with van der Waals surface area (Å²) in [6.45, 7) is 0.799. The molecule has 0 bridgehead atoms. The van der Waals surface area contributed by atoms with E-state index in [-0.39, 0.29) is 0 Å². The fourth-order valence-corrected chi connectivity index (χ4v) is 7.65. The molecule has 0 atom stereocenters. The average molecular weight is 633 g/mol. The van der Waals surface area contributed by atoms with E-state index < -0.39 is 0 Å². The fraction of sp³-hybridized carbons (Fsp3) is 0.0698. The van der Waals surface area contributed by atoms with Crippen LogP contribution in [0.1, 0.15) is 0 Å². The topological polar surface area (TPSA) is 42.1 Å². The van der Waals surface area contributed by atoms with Crippen LogP contribution in [0.5, 0.6) is 0 Å². The lowest BCUT2D eigenvalue weighted by atomic mass is 10.0. The van der Waals surface area contributed by atoms with Gasteiger partial charge in [-0.3, -0.25) is 4.57 Å². The molecule has 10 rings (SSSR count). The summed E-state index contributed by atoms with van der Waals surface area (Å²) in [5.41, 5.74) is 12.2. The summed E-state index contributed by atoms with van der Waals surface area (Å²) in [5.74, 6) is 0.933. The van der Waals surface area contributed by atoms with Crippen LogP contribution in [-0.4, -0.2) is 32.8 Å². The lowest BCUT2D eigenvalue weighted by Gasteiger charge is -2.20. The molecule has 6 nitrogen and oxygen atoms in total. The molecule has 0 unspecified atom stereocenters. The van der Waals surface area contributed by atoms with Crippen LogP contribution in [0.4, 0.5) is 17.1 Å². The summed E-state index contributed by atoms with van der Waals surface area (Å²) in [6, 6.07) is 50.0. The highest BCUT2D eigenvalue weighted by Gasteiger charge is 2.25. The second-order valence-corrected chi connectivity index (χ2v) is 13.0. The number of hydrogen-bond donors (Lipinski definition) is 0. The number of imidazole rings is 1. The second kappa shape index (κ2) is 10.6. The van der Waals surface area contributed by atoms with Gasteiger partial charge in [-0.2, -0.15) is 0 Å². The number of benzene rings is 6. The molecule has 0 N–H and O–H groups in total. The van der Waals surface area contributed by atoms with Crippen LogP contribution in [-0.2, 0) is 7.05 Å². The van der Waals surface area contributed by atoms with Gasteiger partial charge in [-0.25, -0.2) is 9.97 Å². The van der Waals surface area contributed by atoms with E-state index in [2.05, 4.69) is 166 Å². The third-order valence-corrected chi connectivity index (χ3v) is 10.1. The quantitative estimate of drug-likeness (QED) is 0.194. The molecule has 234 valence electrons. The third kappa shape index (κ3) is 4.27. The Morgan fingerprint density at radius 3 is 2.24 bits per heavy atom. The highest BCUT2D eigenvalue weighted by atomic mass is 15.4.